The molecule has 0 radical (unpaired) electrons. The van der Waals surface area contributed by atoms with Gasteiger partial charge in [0.1, 0.15) is 0 Å². The van der Waals surface area contributed by atoms with Gasteiger partial charge in [-0.05, 0) is 35.6 Å². The predicted octanol–water partition coefficient (Wildman–Crippen LogP) is 4.67. The molecule has 0 fully saturated rings. The monoisotopic (exact) mass is 522 g/mol. The fourth-order valence-electron chi connectivity index (χ4n) is 3.56. The van der Waals surface area contributed by atoms with Gasteiger partial charge in [-0.2, -0.15) is 0 Å². The normalized spacial score (nSPS) is 11.8. The number of benzene rings is 1. The number of pyridine rings is 1. The van der Waals surface area contributed by atoms with Gasteiger partial charge in [0.25, 0.3) is 11.5 Å². The molecule has 0 unspecified atom stereocenters. The highest BCUT2D eigenvalue weighted by molar-refractivity contribution is 6.07. The summed E-state index contributed by atoms with van der Waals surface area (Å²) in [4.78, 5) is 49.7. The van der Waals surface area contributed by atoms with Crippen LogP contribution in [-0.4, -0.2) is 50.9 Å². The fourth-order valence-corrected chi connectivity index (χ4v) is 3.56. The van der Waals surface area contributed by atoms with Crippen molar-refractivity contribution in [3.8, 4) is 11.3 Å². The number of nitrogens with one attached hydrogen (secondary N) is 1. The zero-order valence-electron chi connectivity index (χ0n) is 22.2. The number of rotatable bonds is 8. The molecule has 200 valence electrons. The standard InChI is InChI=1S/C24H25FN8O3.C2H6/c1-14(13-32(3)23(36)17-8-6-5-7-16(17)22(35)30-31-26)15(2)28-24-29-20(11-21(34)33(24)4)18-9-10-27-12-19(18)25;1-2/h5-12,14-15H,13H2,1-4H3,(H,28,29);1-2H3/t14-,15+;/m0./s1. The zero-order valence-corrected chi connectivity index (χ0v) is 22.2. The van der Waals surface area contributed by atoms with E-state index in [1.807, 2.05) is 27.7 Å². The van der Waals surface area contributed by atoms with Crippen molar-refractivity contribution in [1.29, 1.82) is 0 Å². The fraction of sp³-hybridized carbons (Fsp3) is 0.346. The summed E-state index contributed by atoms with van der Waals surface area (Å²) in [6.45, 7) is 8.07. The van der Waals surface area contributed by atoms with E-state index in [-0.39, 0.29) is 45.9 Å². The number of azide groups is 1. The minimum absolute atomic E-state index is 0.0188. The molecule has 0 aliphatic rings. The van der Waals surface area contributed by atoms with Gasteiger partial charge in [0.05, 0.1) is 17.5 Å². The Morgan fingerprint density at radius 3 is 2.50 bits per heavy atom. The van der Waals surface area contributed by atoms with Crippen molar-refractivity contribution in [3.05, 3.63) is 86.5 Å². The minimum atomic E-state index is -0.838. The van der Waals surface area contributed by atoms with Crippen molar-refractivity contribution < 1.29 is 14.0 Å². The third-order valence-electron chi connectivity index (χ3n) is 5.83. The van der Waals surface area contributed by atoms with Gasteiger partial charge >= 0.3 is 0 Å². The smallest absolute Gasteiger partial charge is 0.255 e. The number of halogens is 1. The average molecular weight is 523 g/mol. The summed E-state index contributed by atoms with van der Waals surface area (Å²) in [5.74, 6) is -1.73. The number of anilines is 1. The number of aromatic nitrogens is 3. The largest absolute Gasteiger partial charge is 0.353 e. The molecule has 0 bridgehead atoms. The van der Waals surface area contributed by atoms with Crippen molar-refractivity contribution in [2.75, 3.05) is 18.9 Å². The first kappa shape index (κ1) is 29.7. The Balaban J connectivity index is 0.00000247. The van der Waals surface area contributed by atoms with Gasteiger partial charge in [-0.3, -0.25) is 23.9 Å². The summed E-state index contributed by atoms with van der Waals surface area (Å²) in [6.07, 6.45) is 2.47. The molecule has 2 amide bonds. The molecule has 12 heteroatoms. The SMILES string of the molecule is CC.C[C@@H](CN(C)C(=O)c1ccccc1C(=O)N=[N+]=[N-])[C@@H](C)Nc1nc(-c2ccncc2F)cc(=O)n1C. The number of hydrogen-bond donors (Lipinski definition) is 1. The molecule has 0 aliphatic carbocycles. The van der Waals surface area contributed by atoms with Crippen molar-refractivity contribution >= 4 is 17.8 Å². The molecule has 11 nitrogen and oxygen atoms in total. The lowest BCUT2D eigenvalue weighted by molar-refractivity contribution is 0.0767. The number of carbonyl (C=O) groups excluding carboxylic acids is 2. The first-order valence-corrected chi connectivity index (χ1v) is 12.0. The van der Waals surface area contributed by atoms with Gasteiger partial charge in [0.15, 0.2) is 5.82 Å². The van der Waals surface area contributed by atoms with E-state index in [1.54, 1.807) is 26.2 Å². The first-order valence-electron chi connectivity index (χ1n) is 12.0. The lowest BCUT2D eigenvalue weighted by atomic mass is 10.0. The third kappa shape index (κ3) is 7.01. The second-order valence-corrected chi connectivity index (χ2v) is 8.35. The number of carbonyl (C=O) groups is 2. The summed E-state index contributed by atoms with van der Waals surface area (Å²) < 4.78 is 15.5. The molecule has 3 aromatic rings. The molecule has 1 aromatic carbocycles. The van der Waals surface area contributed by atoms with Crippen LogP contribution in [0.15, 0.2) is 58.7 Å². The van der Waals surface area contributed by atoms with Crippen LogP contribution in [0.1, 0.15) is 48.4 Å². The van der Waals surface area contributed by atoms with Crippen molar-refractivity contribution in [3.63, 3.8) is 0 Å². The maximum atomic E-state index is 14.2. The lowest BCUT2D eigenvalue weighted by Crippen LogP contribution is -2.38. The molecule has 3 rings (SSSR count). The third-order valence-corrected chi connectivity index (χ3v) is 5.83. The molecule has 0 saturated carbocycles. The van der Waals surface area contributed by atoms with E-state index in [9.17, 15) is 18.8 Å². The second kappa shape index (κ2) is 13.7. The Kier molecular flexibility index (Phi) is 10.7. The van der Waals surface area contributed by atoms with Gasteiger partial charge in [0.2, 0.25) is 11.9 Å². The van der Waals surface area contributed by atoms with Crippen LogP contribution in [0.2, 0.25) is 0 Å². The first-order chi connectivity index (χ1) is 18.1. The maximum Gasteiger partial charge on any atom is 0.255 e. The van der Waals surface area contributed by atoms with Crippen LogP contribution < -0.4 is 10.9 Å². The van der Waals surface area contributed by atoms with Gasteiger partial charge in [-0.1, -0.05) is 39.0 Å². The minimum Gasteiger partial charge on any atom is -0.353 e. The maximum absolute atomic E-state index is 14.2. The molecule has 2 heterocycles. The van der Waals surface area contributed by atoms with Crippen molar-refractivity contribution in [1.82, 2.24) is 19.4 Å². The summed E-state index contributed by atoms with van der Waals surface area (Å²) in [7, 11) is 3.15. The van der Waals surface area contributed by atoms with E-state index >= 15 is 0 Å². The average Bonchev–Trinajstić information content (AvgIpc) is 2.92. The molecule has 2 aromatic heterocycles. The van der Waals surface area contributed by atoms with E-state index in [0.29, 0.717) is 6.54 Å². The van der Waals surface area contributed by atoms with Gasteiger partial charge in [-0.25, -0.2) is 9.37 Å². The van der Waals surface area contributed by atoms with E-state index in [4.69, 9.17) is 5.53 Å². The molecule has 1 N–H and O–H groups in total. The van der Waals surface area contributed by atoms with Crippen LogP contribution in [-0.2, 0) is 7.05 Å². The number of amides is 2. The van der Waals surface area contributed by atoms with Gasteiger partial charge < -0.3 is 10.2 Å². The molecular formula is C26H31FN8O3. The summed E-state index contributed by atoms with van der Waals surface area (Å²) in [5.41, 5.74) is 8.67. The topological polar surface area (TPSA) is 146 Å². The van der Waals surface area contributed by atoms with E-state index < -0.39 is 17.6 Å². The number of hydrogen-bond acceptors (Lipinski definition) is 6. The van der Waals surface area contributed by atoms with Crippen LogP contribution in [0.25, 0.3) is 21.7 Å². The summed E-state index contributed by atoms with van der Waals surface area (Å²) >= 11 is 0. The molecular weight excluding hydrogens is 491 g/mol. The Hall–Kier alpha value is -4.57. The predicted molar refractivity (Wildman–Crippen MR) is 143 cm³/mol. The summed E-state index contributed by atoms with van der Waals surface area (Å²) in [6, 6.07) is 8.56. The zero-order chi connectivity index (χ0) is 28.4. The molecule has 0 aliphatic heterocycles. The Morgan fingerprint density at radius 2 is 1.87 bits per heavy atom. The highest BCUT2D eigenvalue weighted by Crippen LogP contribution is 2.21. The van der Waals surface area contributed by atoms with Crippen molar-refractivity contribution in [2.45, 2.75) is 33.7 Å². The van der Waals surface area contributed by atoms with Crippen LogP contribution in [0.4, 0.5) is 10.3 Å². The van der Waals surface area contributed by atoms with Gasteiger partial charge in [0, 0.05) is 55.0 Å². The van der Waals surface area contributed by atoms with Crippen molar-refractivity contribution in [2.24, 2.45) is 18.1 Å². The van der Waals surface area contributed by atoms with E-state index in [2.05, 4.69) is 25.3 Å². The van der Waals surface area contributed by atoms with Gasteiger partial charge in [-0.15, -0.1) is 0 Å². The van der Waals surface area contributed by atoms with Crippen LogP contribution in [0, 0.1) is 11.7 Å². The van der Waals surface area contributed by atoms with Crippen LogP contribution >= 0.6 is 0 Å². The molecule has 2 atom stereocenters. The Morgan fingerprint density at radius 1 is 1.21 bits per heavy atom. The van der Waals surface area contributed by atoms with Crippen LogP contribution in [0.3, 0.4) is 0 Å². The second-order valence-electron chi connectivity index (χ2n) is 8.35. The molecule has 0 saturated heterocycles. The van der Waals surface area contributed by atoms with E-state index in [1.165, 1.54) is 39.9 Å². The quantitative estimate of drug-likeness (QED) is 0.258. The van der Waals surface area contributed by atoms with Crippen LogP contribution in [0.5, 0.6) is 0 Å². The molecule has 38 heavy (non-hydrogen) atoms. The summed E-state index contributed by atoms with van der Waals surface area (Å²) in [5, 5.41) is 6.26. The number of nitrogens with zero attached hydrogens (tertiary/aromatic N) is 7. The highest BCUT2D eigenvalue weighted by Gasteiger charge is 2.23. The Bertz CT molecular complexity index is 1400. The molecule has 0 spiro atoms. The Labute approximate surface area is 220 Å². The highest BCUT2D eigenvalue weighted by atomic mass is 19.1. The van der Waals surface area contributed by atoms with E-state index in [0.717, 1.165) is 6.20 Å². The lowest BCUT2D eigenvalue weighted by Gasteiger charge is -2.27.